The van der Waals surface area contributed by atoms with Crippen LogP contribution in [-0.4, -0.2) is 50.4 Å². The average molecular weight is 463 g/mol. The number of halogens is 1. The van der Waals surface area contributed by atoms with Gasteiger partial charge in [0.15, 0.2) is 0 Å². The van der Waals surface area contributed by atoms with Gasteiger partial charge in [-0.1, -0.05) is 36.2 Å². The first-order valence-corrected chi connectivity index (χ1v) is 11.6. The van der Waals surface area contributed by atoms with Crippen molar-refractivity contribution < 1.29 is 18.0 Å². The predicted molar refractivity (Wildman–Crippen MR) is 119 cm³/mol. The minimum absolute atomic E-state index is 0.151. The van der Waals surface area contributed by atoms with Gasteiger partial charge in [0, 0.05) is 29.2 Å². The smallest absolute Gasteiger partial charge is 0.259 e. The highest BCUT2D eigenvalue weighted by Crippen LogP contribution is 2.20. The highest BCUT2D eigenvalue weighted by Gasteiger charge is 2.25. The SMILES string of the molecule is O=C(CNC(=O)c1ccc(S(=O)(=O)N2CCCCC2)cc1)N/N=C/c1ccccc1Cl. The van der Waals surface area contributed by atoms with Crippen molar-refractivity contribution >= 4 is 39.7 Å². The zero-order valence-corrected chi connectivity index (χ0v) is 18.3. The summed E-state index contributed by atoms with van der Waals surface area (Å²) in [6, 6.07) is 12.7. The zero-order chi connectivity index (χ0) is 22.3. The Morgan fingerprint density at radius 2 is 1.71 bits per heavy atom. The maximum absolute atomic E-state index is 12.7. The molecule has 1 fully saturated rings. The van der Waals surface area contributed by atoms with Crippen molar-refractivity contribution in [3.63, 3.8) is 0 Å². The summed E-state index contributed by atoms with van der Waals surface area (Å²) in [7, 11) is -3.55. The molecule has 164 valence electrons. The van der Waals surface area contributed by atoms with E-state index in [-0.39, 0.29) is 17.0 Å². The number of hydrogen-bond donors (Lipinski definition) is 2. The Hall–Kier alpha value is -2.75. The van der Waals surface area contributed by atoms with Crippen molar-refractivity contribution in [2.75, 3.05) is 19.6 Å². The highest BCUT2D eigenvalue weighted by molar-refractivity contribution is 7.89. The summed E-state index contributed by atoms with van der Waals surface area (Å²) >= 11 is 5.99. The van der Waals surface area contributed by atoms with Crippen LogP contribution in [0.25, 0.3) is 0 Å². The van der Waals surface area contributed by atoms with Gasteiger partial charge in [-0.15, -0.1) is 0 Å². The summed E-state index contributed by atoms with van der Waals surface area (Å²) in [6.07, 6.45) is 4.14. The monoisotopic (exact) mass is 462 g/mol. The molecule has 0 unspecified atom stereocenters. The number of nitrogens with one attached hydrogen (secondary N) is 2. The van der Waals surface area contributed by atoms with E-state index in [0.717, 1.165) is 19.3 Å². The maximum Gasteiger partial charge on any atom is 0.259 e. The Morgan fingerprint density at radius 1 is 1.03 bits per heavy atom. The van der Waals surface area contributed by atoms with Crippen molar-refractivity contribution in [1.29, 1.82) is 0 Å². The van der Waals surface area contributed by atoms with Gasteiger partial charge in [0.05, 0.1) is 17.7 Å². The molecule has 2 aromatic rings. The summed E-state index contributed by atoms with van der Waals surface area (Å²) < 4.78 is 26.8. The van der Waals surface area contributed by atoms with E-state index < -0.39 is 21.8 Å². The van der Waals surface area contributed by atoms with Gasteiger partial charge in [0.25, 0.3) is 11.8 Å². The van der Waals surface area contributed by atoms with Gasteiger partial charge in [-0.25, -0.2) is 13.8 Å². The quantitative estimate of drug-likeness (QED) is 0.486. The number of carbonyl (C=O) groups excluding carboxylic acids is 2. The van der Waals surface area contributed by atoms with Crippen LogP contribution in [0.2, 0.25) is 5.02 Å². The molecule has 1 saturated heterocycles. The number of rotatable bonds is 7. The first-order chi connectivity index (χ1) is 14.9. The number of sulfonamides is 1. The summed E-state index contributed by atoms with van der Waals surface area (Å²) in [5.41, 5.74) is 3.20. The lowest BCUT2D eigenvalue weighted by atomic mass is 10.2. The van der Waals surface area contributed by atoms with E-state index in [2.05, 4.69) is 15.8 Å². The topological polar surface area (TPSA) is 108 Å². The molecule has 2 aromatic carbocycles. The molecule has 0 saturated carbocycles. The Bertz CT molecular complexity index is 1070. The van der Waals surface area contributed by atoms with Gasteiger partial charge >= 0.3 is 0 Å². The molecule has 8 nitrogen and oxygen atoms in total. The van der Waals surface area contributed by atoms with E-state index >= 15 is 0 Å². The summed E-state index contributed by atoms with van der Waals surface area (Å²) in [4.78, 5) is 24.3. The van der Waals surface area contributed by atoms with E-state index in [9.17, 15) is 18.0 Å². The van der Waals surface area contributed by atoms with Crippen molar-refractivity contribution in [3.05, 3.63) is 64.7 Å². The van der Waals surface area contributed by atoms with Crippen LogP contribution in [0.5, 0.6) is 0 Å². The molecule has 3 rings (SSSR count). The van der Waals surface area contributed by atoms with Gasteiger partial charge in [-0.05, 0) is 43.2 Å². The number of benzene rings is 2. The Balaban J connectivity index is 1.51. The van der Waals surface area contributed by atoms with E-state index in [1.54, 1.807) is 24.3 Å². The van der Waals surface area contributed by atoms with Crippen LogP contribution in [-0.2, 0) is 14.8 Å². The molecule has 1 aliphatic heterocycles. The number of hydrazone groups is 1. The molecule has 0 bridgehead atoms. The predicted octanol–water partition coefficient (Wildman–Crippen LogP) is 2.39. The fourth-order valence-electron chi connectivity index (χ4n) is 3.09. The first kappa shape index (κ1) is 22.9. The normalized spacial score (nSPS) is 15.0. The number of piperidine rings is 1. The van der Waals surface area contributed by atoms with Crippen LogP contribution in [0.15, 0.2) is 58.5 Å². The lowest BCUT2D eigenvalue weighted by Gasteiger charge is -2.25. The van der Waals surface area contributed by atoms with Crippen molar-refractivity contribution in [3.8, 4) is 0 Å². The van der Waals surface area contributed by atoms with Gasteiger partial charge in [0.1, 0.15) is 0 Å². The zero-order valence-electron chi connectivity index (χ0n) is 16.8. The molecular weight excluding hydrogens is 440 g/mol. The van der Waals surface area contributed by atoms with E-state index in [0.29, 0.717) is 23.7 Å². The summed E-state index contributed by atoms with van der Waals surface area (Å²) in [5.74, 6) is -1.01. The van der Waals surface area contributed by atoms with Gasteiger partial charge in [0.2, 0.25) is 10.0 Å². The third-order valence-corrected chi connectivity index (χ3v) is 7.03. The molecule has 2 N–H and O–H groups in total. The molecule has 0 aliphatic carbocycles. The molecule has 1 aliphatic rings. The second-order valence-electron chi connectivity index (χ2n) is 6.99. The number of hydrogen-bond acceptors (Lipinski definition) is 5. The van der Waals surface area contributed by atoms with Crippen LogP contribution < -0.4 is 10.7 Å². The minimum atomic E-state index is -3.55. The van der Waals surface area contributed by atoms with E-state index in [1.165, 1.54) is 34.8 Å². The van der Waals surface area contributed by atoms with E-state index in [1.807, 2.05) is 0 Å². The lowest BCUT2D eigenvalue weighted by molar-refractivity contribution is -0.120. The molecule has 1 heterocycles. The van der Waals surface area contributed by atoms with Crippen molar-refractivity contribution in [2.45, 2.75) is 24.2 Å². The van der Waals surface area contributed by atoms with Crippen LogP contribution in [0, 0.1) is 0 Å². The molecule has 10 heteroatoms. The van der Waals surface area contributed by atoms with Gasteiger partial charge in [-0.3, -0.25) is 9.59 Å². The summed E-state index contributed by atoms with van der Waals surface area (Å²) in [5, 5.41) is 6.77. The maximum atomic E-state index is 12.7. The Labute approximate surface area is 186 Å². The molecular formula is C21H23ClN4O4S. The Kier molecular flexibility index (Phi) is 7.78. The lowest BCUT2D eigenvalue weighted by Crippen LogP contribution is -2.36. The average Bonchev–Trinajstić information content (AvgIpc) is 2.79. The molecule has 0 aromatic heterocycles. The molecule has 2 amide bonds. The van der Waals surface area contributed by atoms with Gasteiger partial charge < -0.3 is 5.32 Å². The third-order valence-electron chi connectivity index (χ3n) is 4.78. The second-order valence-corrected chi connectivity index (χ2v) is 9.33. The largest absolute Gasteiger partial charge is 0.343 e. The van der Waals surface area contributed by atoms with Crippen LogP contribution >= 0.6 is 11.6 Å². The Morgan fingerprint density at radius 3 is 2.39 bits per heavy atom. The first-order valence-electron chi connectivity index (χ1n) is 9.83. The van der Waals surface area contributed by atoms with Crippen LogP contribution in [0.1, 0.15) is 35.2 Å². The third kappa shape index (κ3) is 6.13. The fourth-order valence-corrected chi connectivity index (χ4v) is 4.79. The van der Waals surface area contributed by atoms with Crippen LogP contribution in [0.3, 0.4) is 0 Å². The number of carbonyl (C=O) groups is 2. The molecule has 0 spiro atoms. The number of amides is 2. The van der Waals surface area contributed by atoms with Crippen molar-refractivity contribution in [2.24, 2.45) is 5.10 Å². The molecule has 31 heavy (non-hydrogen) atoms. The van der Waals surface area contributed by atoms with Crippen molar-refractivity contribution in [1.82, 2.24) is 15.0 Å². The summed E-state index contributed by atoms with van der Waals surface area (Å²) in [6.45, 7) is 0.740. The highest BCUT2D eigenvalue weighted by atomic mass is 35.5. The fraction of sp³-hybridized carbons (Fsp3) is 0.286. The molecule has 0 radical (unpaired) electrons. The van der Waals surface area contributed by atoms with E-state index in [4.69, 9.17) is 11.6 Å². The molecule has 0 atom stereocenters. The number of nitrogens with zero attached hydrogens (tertiary/aromatic N) is 2. The van der Waals surface area contributed by atoms with Gasteiger partial charge in [-0.2, -0.15) is 9.41 Å². The standard InChI is InChI=1S/C21H23ClN4O4S/c22-19-7-3-2-6-17(19)14-24-25-20(27)15-23-21(28)16-8-10-18(11-9-16)31(29,30)26-12-4-1-5-13-26/h2-3,6-11,14H,1,4-5,12-13,15H2,(H,23,28)(H,25,27)/b24-14+. The second kappa shape index (κ2) is 10.5. The minimum Gasteiger partial charge on any atom is -0.343 e. The van der Waals surface area contributed by atoms with Crippen LogP contribution in [0.4, 0.5) is 0 Å².